The first-order valence-corrected chi connectivity index (χ1v) is 14.0. The second kappa shape index (κ2) is 8.76. The summed E-state index contributed by atoms with van der Waals surface area (Å²) in [7, 11) is 1.83. The van der Waals surface area contributed by atoms with Gasteiger partial charge in [-0.1, -0.05) is 36.6 Å². The van der Waals surface area contributed by atoms with Gasteiger partial charge < -0.3 is 9.88 Å². The van der Waals surface area contributed by atoms with Crippen LogP contribution in [0.2, 0.25) is 5.02 Å². The highest BCUT2D eigenvalue weighted by Gasteiger charge is 2.72. The number of aromatic nitrogens is 1. The number of nitrogens with one attached hydrogen (secondary N) is 1. The van der Waals surface area contributed by atoms with Gasteiger partial charge in [-0.3, -0.25) is 24.6 Å². The van der Waals surface area contributed by atoms with Gasteiger partial charge in [-0.15, -0.1) is 0 Å². The molecular formula is C30H29ClN4O4. The zero-order chi connectivity index (χ0) is 27.1. The quantitative estimate of drug-likeness (QED) is 0.265. The van der Waals surface area contributed by atoms with Crippen molar-refractivity contribution in [1.82, 2.24) is 9.47 Å². The Morgan fingerprint density at radius 2 is 1.95 bits per heavy atom. The maximum absolute atomic E-state index is 14.7. The first kappa shape index (κ1) is 24.5. The van der Waals surface area contributed by atoms with E-state index in [2.05, 4.69) is 10.2 Å². The topological polar surface area (TPSA) is 97.5 Å². The van der Waals surface area contributed by atoms with Crippen molar-refractivity contribution < 1.29 is 14.5 Å². The van der Waals surface area contributed by atoms with Crippen LogP contribution in [0, 0.1) is 27.9 Å². The van der Waals surface area contributed by atoms with E-state index in [-0.39, 0.29) is 23.4 Å². The first-order chi connectivity index (χ1) is 18.8. The molecule has 3 aliphatic heterocycles. The molecule has 1 amide bonds. The lowest BCUT2D eigenvalue weighted by Gasteiger charge is -2.37. The van der Waals surface area contributed by atoms with Crippen LogP contribution < -0.4 is 5.32 Å². The van der Waals surface area contributed by atoms with E-state index in [0.717, 1.165) is 36.8 Å². The molecule has 8 nitrogen and oxygen atoms in total. The molecule has 2 saturated heterocycles. The molecule has 1 saturated carbocycles. The monoisotopic (exact) mass is 544 g/mol. The summed E-state index contributed by atoms with van der Waals surface area (Å²) in [5.74, 6) is -0.851. The van der Waals surface area contributed by atoms with E-state index in [1.165, 1.54) is 6.07 Å². The highest BCUT2D eigenvalue weighted by atomic mass is 35.5. The Morgan fingerprint density at radius 3 is 2.72 bits per heavy atom. The lowest BCUT2D eigenvalue weighted by Crippen LogP contribution is -2.53. The van der Waals surface area contributed by atoms with Gasteiger partial charge in [-0.2, -0.15) is 0 Å². The third-order valence-corrected chi connectivity index (χ3v) is 9.99. The number of aryl methyl sites for hydroxylation is 1. The Bertz CT molecular complexity index is 1530. The highest BCUT2D eigenvalue weighted by molar-refractivity contribution is 6.31. The number of benzene rings is 2. The number of nitrogens with zero attached hydrogens (tertiary/aromatic N) is 3. The molecule has 0 radical (unpaired) electrons. The number of hydrogen-bond donors (Lipinski definition) is 1. The van der Waals surface area contributed by atoms with Crippen LogP contribution in [0.4, 0.5) is 11.4 Å². The number of halogens is 1. The van der Waals surface area contributed by atoms with Gasteiger partial charge in [-0.25, -0.2) is 0 Å². The van der Waals surface area contributed by atoms with Crippen molar-refractivity contribution in [1.29, 1.82) is 0 Å². The molecular weight excluding hydrogens is 516 g/mol. The fourth-order valence-corrected chi connectivity index (χ4v) is 8.50. The molecule has 9 heteroatoms. The van der Waals surface area contributed by atoms with Crippen molar-refractivity contribution >= 4 is 34.7 Å². The van der Waals surface area contributed by atoms with Crippen molar-refractivity contribution in [2.75, 3.05) is 11.9 Å². The van der Waals surface area contributed by atoms with Gasteiger partial charge in [0.25, 0.3) is 5.69 Å². The molecule has 1 aliphatic carbocycles. The number of nitro groups is 1. The maximum atomic E-state index is 14.7. The largest absolute Gasteiger partial charge is 0.348 e. The van der Waals surface area contributed by atoms with Crippen LogP contribution in [0.1, 0.15) is 53.2 Å². The number of carbonyl (C=O) groups is 2. The van der Waals surface area contributed by atoms with Crippen molar-refractivity contribution in [3.63, 3.8) is 0 Å². The summed E-state index contributed by atoms with van der Waals surface area (Å²) >= 11 is 6.54. The van der Waals surface area contributed by atoms with Gasteiger partial charge in [0.1, 0.15) is 5.54 Å². The number of Topliss-reactive ketones (excluding diaryl/α,β-unsaturated/α-hetero) is 1. The first-order valence-electron chi connectivity index (χ1n) is 13.6. The summed E-state index contributed by atoms with van der Waals surface area (Å²) in [5.41, 5.74) is 1.37. The van der Waals surface area contributed by atoms with Crippen LogP contribution in [0.5, 0.6) is 0 Å². The maximum Gasteiger partial charge on any atom is 0.269 e. The summed E-state index contributed by atoms with van der Waals surface area (Å²) < 4.78 is 1.79. The third kappa shape index (κ3) is 3.34. The zero-order valence-electron chi connectivity index (χ0n) is 21.5. The molecule has 4 aliphatic rings. The van der Waals surface area contributed by atoms with Crippen LogP contribution in [0.15, 0.2) is 60.8 Å². The Morgan fingerprint density at radius 1 is 1.13 bits per heavy atom. The highest BCUT2D eigenvalue weighted by Crippen LogP contribution is 2.64. The Balaban J connectivity index is 1.53. The second-order valence-corrected chi connectivity index (χ2v) is 11.9. The van der Waals surface area contributed by atoms with Gasteiger partial charge >= 0.3 is 0 Å². The normalized spacial score (nSPS) is 31.1. The van der Waals surface area contributed by atoms with Crippen molar-refractivity contribution in [3.05, 3.63) is 92.8 Å². The molecule has 0 bridgehead atoms. The van der Waals surface area contributed by atoms with Gasteiger partial charge in [0, 0.05) is 60.2 Å². The second-order valence-electron chi connectivity index (χ2n) is 11.5. The number of hydrogen-bond acceptors (Lipinski definition) is 5. The SMILES string of the molecule is Cn1cccc1C(=O)C1C(c2cccc([N+](=O)[O-])c2)C2C3CCCCC3CN2C12C(=O)Nc1ccc(Cl)cc12. The molecule has 3 aromatic rings. The number of rotatable bonds is 4. The van der Waals surface area contributed by atoms with Gasteiger partial charge in [0.05, 0.1) is 16.5 Å². The Kier molecular flexibility index (Phi) is 5.51. The molecule has 39 heavy (non-hydrogen) atoms. The molecule has 200 valence electrons. The van der Waals surface area contributed by atoms with Crippen LogP contribution in [-0.2, 0) is 17.4 Å². The fraction of sp³-hybridized carbons (Fsp3) is 0.400. The summed E-state index contributed by atoms with van der Waals surface area (Å²) in [6.07, 6.45) is 6.18. The molecule has 2 aromatic carbocycles. The predicted octanol–water partition coefficient (Wildman–Crippen LogP) is 5.52. The van der Waals surface area contributed by atoms with E-state index in [4.69, 9.17) is 11.6 Å². The number of amides is 1. The summed E-state index contributed by atoms with van der Waals surface area (Å²) in [6, 6.07) is 15.6. The van der Waals surface area contributed by atoms with E-state index >= 15 is 0 Å². The molecule has 1 N–H and O–H groups in total. The van der Waals surface area contributed by atoms with Gasteiger partial charge in [-0.05, 0) is 60.6 Å². The van der Waals surface area contributed by atoms with E-state index in [1.54, 1.807) is 28.8 Å². The van der Waals surface area contributed by atoms with Crippen LogP contribution in [-0.4, -0.2) is 38.7 Å². The molecule has 6 unspecified atom stereocenters. The van der Waals surface area contributed by atoms with E-state index in [0.29, 0.717) is 34.8 Å². The van der Waals surface area contributed by atoms with E-state index in [1.807, 2.05) is 37.5 Å². The van der Waals surface area contributed by atoms with Gasteiger partial charge in [0.15, 0.2) is 5.78 Å². The minimum Gasteiger partial charge on any atom is -0.348 e. The lowest BCUT2D eigenvalue weighted by atomic mass is 9.66. The van der Waals surface area contributed by atoms with E-state index < -0.39 is 22.3 Å². The summed E-state index contributed by atoms with van der Waals surface area (Å²) in [4.78, 5) is 42.8. The molecule has 1 aromatic heterocycles. The molecule has 1 spiro atoms. The number of anilines is 1. The Labute approximate surface area is 231 Å². The lowest BCUT2D eigenvalue weighted by molar-refractivity contribution is -0.384. The van der Waals surface area contributed by atoms with Crippen molar-refractivity contribution in [3.8, 4) is 0 Å². The van der Waals surface area contributed by atoms with Crippen molar-refractivity contribution in [2.24, 2.45) is 24.8 Å². The summed E-state index contributed by atoms with van der Waals surface area (Å²) in [5, 5.41) is 15.4. The number of ketones is 1. The number of nitro benzene ring substituents is 1. The summed E-state index contributed by atoms with van der Waals surface area (Å²) in [6.45, 7) is 0.705. The average molecular weight is 545 g/mol. The minimum absolute atomic E-state index is 0.0115. The van der Waals surface area contributed by atoms with Crippen LogP contribution in [0.3, 0.4) is 0 Å². The molecule has 3 fully saturated rings. The van der Waals surface area contributed by atoms with Crippen LogP contribution >= 0.6 is 11.6 Å². The number of fused-ring (bicyclic) bond motifs is 6. The number of carbonyl (C=O) groups excluding carboxylic acids is 2. The molecule has 6 atom stereocenters. The third-order valence-electron chi connectivity index (χ3n) is 9.76. The predicted molar refractivity (Wildman–Crippen MR) is 147 cm³/mol. The molecule has 4 heterocycles. The standard InChI is InChI=1S/C30H29ClN4O4/c1-33-13-5-10-24(33)28(36)26-25(17-7-4-8-20(14-17)35(38)39)27-21-9-3-2-6-18(21)16-34(27)30(26)22-15-19(31)11-12-23(22)32-29(30)37/h4-5,7-8,10-15,18,21,25-27H,2-3,6,9,16H2,1H3,(H,32,37). The van der Waals surface area contributed by atoms with Crippen molar-refractivity contribution in [2.45, 2.75) is 43.2 Å². The Hall–Kier alpha value is -3.49. The van der Waals surface area contributed by atoms with E-state index in [9.17, 15) is 19.7 Å². The average Bonchev–Trinajstić information content (AvgIpc) is 3.66. The zero-order valence-corrected chi connectivity index (χ0v) is 22.3. The number of non-ortho nitro benzene ring substituents is 1. The van der Waals surface area contributed by atoms with Crippen LogP contribution in [0.25, 0.3) is 0 Å². The minimum atomic E-state index is -1.26. The fourth-order valence-electron chi connectivity index (χ4n) is 8.33. The molecule has 7 rings (SSSR count). The smallest absolute Gasteiger partial charge is 0.269 e. The van der Waals surface area contributed by atoms with Gasteiger partial charge in [0.2, 0.25) is 5.91 Å².